The number of aromatic amines is 1. The highest BCUT2D eigenvalue weighted by molar-refractivity contribution is 5.33. The van der Waals surface area contributed by atoms with E-state index in [0.29, 0.717) is 0 Å². The second-order valence-corrected chi connectivity index (χ2v) is 2.25. The van der Waals surface area contributed by atoms with E-state index in [2.05, 4.69) is 16.8 Å². The number of hydrogen-bond donors (Lipinski definition) is 1. The predicted molar refractivity (Wildman–Crippen MR) is 41.7 cm³/mol. The van der Waals surface area contributed by atoms with Crippen molar-refractivity contribution in [1.82, 2.24) is 10.2 Å². The first kappa shape index (κ1) is 7.06. The van der Waals surface area contributed by atoms with Crippen molar-refractivity contribution in [2.75, 3.05) is 0 Å². The second-order valence-electron chi connectivity index (χ2n) is 2.25. The van der Waals surface area contributed by atoms with Crippen LogP contribution in [0.5, 0.6) is 0 Å². The minimum Gasteiger partial charge on any atom is -0.282 e. The first-order valence-corrected chi connectivity index (χ1v) is 3.23. The Kier molecular flexibility index (Phi) is 1.90. The van der Waals surface area contributed by atoms with Gasteiger partial charge in [0.15, 0.2) is 0 Å². The third-order valence-corrected chi connectivity index (χ3v) is 1.47. The first-order chi connectivity index (χ1) is 4.75. The molecule has 0 bridgehead atoms. The van der Waals surface area contributed by atoms with Gasteiger partial charge in [-0.25, -0.2) is 0 Å². The SMILES string of the molecule is C=C[CH]c1c(C)n[nH]c1C. The van der Waals surface area contributed by atoms with Crippen LogP contribution < -0.4 is 0 Å². The highest BCUT2D eigenvalue weighted by Crippen LogP contribution is 2.11. The van der Waals surface area contributed by atoms with Crippen LogP contribution in [0.1, 0.15) is 17.0 Å². The zero-order valence-electron chi connectivity index (χ0n) is 6.31. The molecule has 0 fully saturated rings. The van der Waals surface area contributed by atoms with Gasteiger partial charge in [-0.2, -0.15) is 5.10 Å². The number of rotatable bonds is 2. The molecular weight excluding hydrogens is 124 g/mol. The van der Waals surface area contributed by atoms with Crippen molar-refractivity contribution in [3.63, 3.8) is 0 Å². The Hall–Kier alpha value is -1.05. The maximum Gasteiger partial charge on any atom is 0.0632 e. The monoisotopic (exact) mass is 135 g/mol. The van der Waals surface area contributed by atoms with Crippen LogP contribution in [-0.2, 0) is 0 Å². The quantitative estimate of drug-likeness (QED) is 0.657. The molecule has 0 spiro atoms. The molecule has 0 atom stereocenters. The van der Waals surface area contributed by atoms with Crippen LogP contribution in [0.3, 0.4) is 0 Å². The van der Waals surface area contributed by atoms with Crippen LogP contribution in [-0.4, -0.2) is 10.2 Å². The lowest BCUT2D eigenvalue weighted by Gasteiger charge is -1.91. The van der Waals surface area contributed by atoms with Crippen molar-refractivity contribution in [1.29, 1.82) is 0 Å². The molecule has 0 amide bonds. The molecule has 1 radical (unpaired) electrons. The summed E-state index contributed by atoms with van der Waals surface area (Å²) in [7, 11) is 0. The summed E-state index contributed by atoms with van der Waals surface area (Å²) in [5.74, 6) is 0. The fourth-order valence-electron chi connectivity index (χ4n) is 0.923. The molecule has 0 aromatic carbocycles. The maximum absolute atomic E-state index is 4.03. The lowest BCUT2D eigenvalue weighted by Crippen LogP contribution is -1.81. The van der Waals surface area contributed by atoms with E-state index in [1.54, 1.807) is 6.08 Å². The topological polar surface area (TPSA) is 28.7 Å². The van der Waals surface area contributed by atoms with Crippen LogP contribution >= 0.6 is 0 Å². The Morgan fingerprint density at radius 1 is 1.50 bits per heavy atom. The summed E-state index contributed by atoms with van der Waals surface area (Å²) in [5, 5.41) is 6.92. The molecule has 1 rings (SSSR count). The summed E-state index contributed by atoms with van der Waals surface area (Å²) in [6, 6.07) is 0. The van der Waals surface area contributed by atoms with Crippen molar-refractivity contribution in [2.45, 2.75) is 13.8 Å². The van der Waals surface area contributed by atoms with Gasteiger partial charge in [-0.15, -0.1) is 6.58 Å². The summed E-state index contributed by atoms with van der Waals surface area (Å²) in [6.07, 6.45) is 3.72. The Labute approximate surface area is 61.0 Å². The van der Waals surface area contributed by atoms with Gasteiger partial charge in [-0.3, -0.25) is 5.10 Å². The summed E-state index contributed by atoms with van der Waals surface area (Å²) in [6.45, 7) is 7.59. The van der Waals surface area contributed by atoms with Gasteiger partial charge in [0.1, 0.15) is 0 Å². The van der Waals surface area contributed by atoms with Crippen molar-refractivity contribution < 1.29 is 0 Å². The largest absolute Gasteiger partial charge is 0.282 e. The predicted octanol–water partition coefficient (Wildman–Crippen LogP) is 1.76. The molecule has 0 unspecified atom stereocenters. The van der Waals surface area contributed by atoms with Crippen molar-refractivity contribution in [3.8, 4) is 0 Å². The van der Waals surface area contributed by atoms with Gasteiger partial charge in [0.25, 0.3) is 0 Å². The number of nitrogens with one attached hydrogen (secondary N) is 1. The second kappa shape index (κ2) is 2.69. The molecule has 1 aromatic rings. The third kappa shape index (κ3) is 1.10. The van der Waals surface area contributed by atoms with Gasteiger partial charge in [0, 0.05) is 17.7 Å². The zero-order valence-corrected chi connectivity index (χ0v) is 6.31. The van der Waals surface area contributed by atoms with E-state index in [1.807, 2.05) is 20.3 Å². The Balaban J connectivity index is 2.97. The number of aryl methyl sites for hydroxylation is 2. The van der Waals surface area contributed by atoms with Crippen molar-refractivity contribution >= 4 is 0 Å². The molecule has 0 saturated heterocycles. The average molecular weight is 135 g/mol. The molecule has 10 heavy (non-hydrogen) atoms. The fraction of sp³-hybridized carbons (Fsp3) is 0.250. The van der Waals surface area contributed by atoms with E-state index in [0.717, 1.165) is 17.0 Å². The molecule has 2 nitrogen and oxygen atoms in total. The highest BCUT2D eigenvalue weighted by Gasteiger charge is 2.02. The molecule has 1 aromatic heterocycles. The molecule has 0 saturated carbocycles. The summed E-state index contributed by atoms with van der Waals surface area (Å²) in [4.78, 5) is 0. The van der Waals surface area contributed by atoms with Gasteiger partial charge in [0.05, 0.1) is 5.69 Å². The third-order valence-electron chi connectivity index (χ3n) is 1.47. The summed E-state index contributed by atoms with van der Waals surface area (Å²) < 4.78 is 0. The van der Waals surface area contributed by atoms with Gasteiger partial charge >= 0.3 is 0 Å². The maximum atomic E-state index is 4.03. The van der Waals surface area contributed by atoms with Crippen LogP contribution in [0.2, 0.25) is 0 Å². The Morgan fingerprint density at radius 3 is 2.60 bits per heavy atom. The normalized spacial score (nSPS) is 9.80. The lowest BCUT2D eigenvalue weighted by molar-refractivity contribution is 1.02. The molecule has 2 heteroatoms. The van der Waals surface area contributed by atoms with E-state index < -0.39 is 0 Å². The van der Waals surface area contributed by atoms with Crippen LogP contribution in [0.15, 0.2) is 12.7 Å². The molecular formula is C8H11N2. The molecule has 0 aliphatic heterocycles. The van der Waals surface area contributed by atoms with E-state index in [1.165, 1.54) is 0 Å². The van der Waals surface area contributed by atoms with Crippen molar-refractivity contribution in [3.05, 3.63) is 36.0 Å². The van der Waals surface area contributed by atoms with Gasteiger partial charge in [-0.05, 0) is 13.8 Å². The number of aromatic nitrogens is 2. The number of H-pyrrole nitrogens is 1. The molecule has 0 aliphatic rings. The number of hydrogen-bond acceptors (Lipinski definition) is 1. The van der Waals surface area contributed by atoms with E-state index in [-0.39, 0.29) is 0 Å². The smallest absolute Gasteiger partial charge is 0.0632 e. The first-order valence-electron chi connectivity index (χ1n) is 3.23. The summed E-state index contributed by atoms with van der Waals surface area (Å²) in [5.41, 5.74) is 3.27. The Morgan fingerprint density at radius 2 is 2.20 bits per heavy atom. The van der Waals surface area contributed by atoms with Gasteiger partial charge < -0.3 is 0 Å². The average Bonchev–Trinajstić information content (AvgIpc) is 2.20. The van der Waals surface area contributed by atoms with E-state index in [9.17, 15) is 0 Å². The molecule has 1 heterocycles. The molecule has 1 N–H and O–H groups in total. The van der Waals surface area contributed by atoms with Crippen LogP contribution in [0, 0.1) is 20.3 Å². The lowest BCUT2D eigenvalue weighted by atomic mass is 10.1. The van der Waals surface area contributed by atoms with Gasteiger partial charge in [0.2, 0.25) is 0 Å². The summed E-state index contributed by atoms with van der Waals surface area (Å²) >= 11 is 0. The van der Waals surface area contributed by atoms with Crippen LogP contribution in [0.25, 0.3) is 0 Å². The van der Waals surface area contributed by atoms with E-state index in [4.69, 9.17) is 0 Å². The van der Waals surface area contributed by atoms with E-state index >= 15 is 0 Å². The highest BCUT2D eigenvalue weighted by atomic mass is 15.1. The zero-order chi connectivity index (χ0) is 7.56. The number of nitrogens with zero attached hydrogens (tertiary/aromatic N) is 1. The molecule has 0 aliphatic carbocycles. The van der Waals surface area contributed by atoms with Gasteiger partial charge in [-0.1, -0.05) is 6.08 Å². The minimum atomic E-state index is 1.03. The number of allylic oxidation sites excluding steroid dienone is 1. The minimum absolute atomic E-state index is 1.03. The Bertz CT molecular complexity index is 216. The molecule has 53 valence electrons. The van der Waals surface area contributed by atoms with Crippen LogP contribution in [0.4, 0.5) is 0 Å². The van der Waals surface area contributed by atoms with Crippen molar-refractivity contribution in [2.24, 2.45) is 0 Å². The standard InChI is InChI=1S/C8H11N2/c1-4-5-8-6(2)9-10-7(8)3/h4-5H,1H2,2-3H3,(H,9,10). The fourth-order valence-corrected chi connectivity index (χ4v) is 0.923.